The fourth-order valence-electron chi connectivity index (χ4n) is 3.85. The normalized spacial score (nSPS) is 26.1. The van der Waals surface area contributed by atoms with Crippen LogP contribution in [0.2, 0.25) is 5.02 Å². The average molecular weight is 294 g/mol. The Morgan fingerprint density at radius 3 is 2.75 bits per heavy atom. The summed E-state index contributed by atoms with van der Waals surface area (Å²) in [5, 5.41) is 10.0. The summed E-state index contributed by atoms with van der Waals surface area (Å²) in [6.45, 7) is 0.946. The van der Waals surface area contributed by atoms with Crippen LogP contribution in [0.3, 0.4) is 0 Å². The smallest absolute Gasteiger partial charge is 0.337 e. The van der Waals surface area contributed by atoms with E-state index < -0.39 is 5.97 Å². The summed E-state index contributed by atoms with van der Waals surface area (Å²) in [6, 6.07) is 5.61. The van der Waals surface area contributed by atoms with Gasteiger partial charge in [-0.2, -0.15) is 0 Å². The highest BCUT2D eigenvalue weighted by Crippen LogP contribution is 2.39. The van der Waals surface area contributed by atoms with Gasteiger partial charge in [0, 0.05) is 17.6 Å². The van der Waals surface area contributed by atoms with E-state index in [1.165, 1.54) is 32.1 Å². The Labute approximate surface area is 124 Å². The maximum atomic E-state index is 11.5. The third-order valence-electron chi connectivity index (χ3n) is 4.74. The topological polar surface area (TPSA) is 40.5 Å². The molecule has 1 aliphatic carbocycles. The highest BCUT2D eigenvalue weighted by molar-refractivity contribution is 6.31. The van der Waals surface area contributed by atoms with E-state index in [4.69, 9.17) is 11.6 Å². The Bertz CT molecular complexity index is 515. The molecule has 0 radical (unpaired) electrons. The van der Waals surface area contributed by atoms with Gasteiger partial charge >= 0.3 is 5.97 Å². The van der Waals surface area contributed by atoms with Gasteiger partial charge in [0.25, 0.3) is 0 Å². The molecule has 3 rings (SSSR count). The summed E-state index contributed by atoms with van der Waals surface area (Å²) in [4.78, 5) is 13.8. The SMILES string of the molecule is O=C(O)c1ccc(Cl)cc1N1CCC[C@H]2CCCC[C@H]21. The van der Waals surface area contributed by atoms with Crippen LogP contribution < -0.4 is 4.90 Å². The van der Waals surface area contributed by atoms with Crippen LogP contribution in [-0.4, -0.2) is 23.7 Å². The minimum Gasteiger partial charge on any atom is -0.478 e. The average Bonchev–Trinajstić information content (AvgIpc) is 2.46. The predicted molar refractivity (Wildman–Crippen MR) is 80.7 cm³/mol. The maximum Gasteiger partial charge on any atom is 0.337 e. The molecule has 1 saturated carbocycles. The molecule has 0 unspecified atom stereocenters. The number of benzene rings is 1. The van der Waals surface area contributed by atoms with E-state index in [-0.39, 0.29) is 0 Å². The van der Waals surface area contributed by atoms with Crippen molar-refractivity contribution in [2.75, 3.05) is 11.4 Å². The number of fused-ring (bicyclic) bond motifs is 1. The van der Waals surface area contributed by atoms with Crippen LogP contribution in [0.5, 0.6) is 0 Å². The zero-order valence-electron chi connectivity index (χ0n) is 11.5. The molecule has 0 amide bonds. The number of anilines is 1. The van der Waals surface area contributed by atoms with E-state index in [0.717, 1.165) is 24.6 Å². The van der Waals surface area contributed by atoms with E-state index in [0.29, 0.717) is 16.6 Å². The molecule has 1 aliphatic heterocycles. The number of carboxylic acids is 1. The van der Waals surface area contributed by atoms with Crippen molar-refractivity contribution >= 4 is 23.3 Å². The standard InChI is InChI=1S/C16H20ClNO2/c17-12-7-8-13(16(19)20)15(10-12)18-9-3-5-11-4-1-2-6-14(11)18/h7-8,10-11,14H,1-6,9H2,(H,19,20)/t11-,14-/m1/s1. The summed E-state index contributed by atoms with van der Waals surface area (Å²) in [6.07, 6.45) is 7.45. The molecule has 2 fully saturated rings. The Hall–Kier alpha value is -1.22. The lowest BCUT2D eigenvalue weighted by atomic mass is 9.78. The fourth-order valence-corrected chi connectivity index (χ4v) is 4.01. The third-order valence-corrected chi connectivity index (χ3v) is 4.98. The van der Waals surface area contributed by atoms with Crippen molar-refractivity contribution in [2.45, 2.75) is 44.6 Å². The zero-order valence-corrected chi connectivity index (χ0v) is 12.3. The van der Waals surface area contributed by atoms with Crippen molar-refractivity contribution in [3.63, 3.8) is 0 Å². The van der Waals surface area contributed by atoms with E-state index in [2.05, 4.69) is 4.90 Å². The summed E-state index contributed by atoms with van der Waals surface area (Å²) >= 11 is 6.10. The first-order valence-electron chi connectivity index (χ1n) is 7.46. The van der Waals surface area contributed by atoms with Crippen LogP contribution in [0.15, 0.2) is 18.2 Å². The first-order chi connectivity index (χ1) is 9.66. The van der Waals surface area contributed by atoms with Crippen LogP contribution in [-0.2, 0) is 0 Å². The quantitative estimate of drug-likeness (QED) is 0.888. The molecule has 1 aromatic rings. The molecule has 108 valence electrons. The van der Waals surface area contributed by atoms with Gasteiger partial charge in [-0.3, -0.25) is 0 Å². The minimum atomic E-state index is -0.866. The number of rotatable bonds is 2. The van der Waals surface area contributed by atoms with Gasteiger partial charge in [-0.15, -0.1) is 0 Å². The monoisotopic (exact) mass is 293 g/mol. The number of nitrogens with zero attached hydrogens (tertiary/aromatic N) is 1. The van der Waals surface area contributed by atoms with Gasteiger partial charge in [-0.05, 0) is 49.8 Å². The van der Waals surface area contributed by atoms with Crippen LogP contribution in [0.1, 0.15) is 48.9 Å². The van der Waals surface area contributed by atoms with Crippen LogP contribution in [0.25, 0.3) is 0 Å². The van der Waals surface area contributed by atoms with Crippen LogP contribution in [0, 0.1) is 5.92 Å². The van der Waals surface area contributed by atoms with Gasteiger partial charge in [0.05, 0.1) is 11.3 Å². The van der Waals surface area contributed by atoms with E-state index in [9.17, 15) is 9.90 Å². The zero-order chi connectivity index (χ0) is 14.1. The van der Waals surface area contributed by atoms with Gasteiger partial charge in [0.2, 0.25) is 0 Å². The number of carboxylic acid groups (broad SMARTS) is 1. The fraction of sp³-hybridized carbons (Fsp3) is 0.562. The molecule has 1 N–H and O–H groups in total. The molecular weight excluding hydrogens is 274 g/mol. The van der Waals surface area contributed by atoms with E-state index in [1.807, 2.05) is 6.07 Å². The molecule has 3 nitrogen and oxygen atoms in total. The largest absolute Gasteiger partial charge is 0.478 e. The van der Waals surface area contributed by atoms with Gasteiger partial charge in [-0.25, -0.2) is 4.79 Å². The molecule has 0 bridgehead atoms. The summed E-state index contributed by atoms with van der Waals surface area (Å²) in [7, 11) is 0. The van der Waals surface area contributed by atoms with Crippen molar-refractivity contribution < 1.29 is 9.90 Å². The second-order valence-electron chi connectivity index (χ2n) is 5.91. The Morgan fingerprint density at radius 1 is 1.20 bits per heavy atom. The Morgan fingerprint density at radius 2 is 1.95 bits per heavy atom. The number of hydrogen-bond donors (Lipinski definition) is 1. The molecule has 2 aliphatic rings. The summed E-state index contributed by atoms with van der Waals surface area (Å²) < 4.78 is 0. The van der Waals surface area contributed by atoms with Crippen molar-refractivity contribution in [3.05, 3.63) is 28.8 Å². The van der Waals surface area contributed by atoms with Gasteiger partial charge in [-0.1, -0.05) is 24.4 Å². The van der Waals surface area contributed by atoms with E-state index >= 15 is 0 Å². The molecule has 1 heterocycles. The lowest BCUT2D eigenvalue weighted by Crippen LogP contribution is -2.47. The van der Waals surface area contributed by atoms with Crippen molar-refractivity contribution in [3.8, 4) is 0 Å². The lowest BCUT2D eigenvalue weighted by molar-refractivity contribution is 0.0697. The van der Waals surface area contributed by atoms with Crippen molar-refractivity contribution in [1.29, 1.82) is 0 Å². The van der Waals surface area contributed by atoms with Crippen molar-refractivity contribution in [1.82, 2.24) is 0 Å². The van der Waals surface area contributed by atoms with Gasteiger partial charge < -0.3 is 10.0 Å². The molecule has 1 aromatic carbocycles. The molecule has 0 spiro atoms. The molecule has 0 aromatic heterocycles. The third kappa shape index (κ3) is 2.51. The highest BCUT2D eigenvalue weighted by Gasteiger charge is 2.34. The van der Waals surface area contributed by atoms with Crippen LogP contribution >= 0.6 is 11.6 Å². The minimum absolute atomic E-state index is 0.376. The number of aromatic carboxylic acids is 1. The van der Waals surface area contributed by atoms with Gasteiger partial charge in [0.1, 0.15) is 0 Å². The number of carbonyl (C=O) groups is 1. The second kappa shape index (κ2) is 5.65. The first-order valence-corrected chi connectivity index (χ1v) is 7.84. The molecule has 20 heavy (non-hydrogen) atoms. The van der Waals surface area contributed by atoms with Crippen molar-refractivity contribution in [2.24, 2.45) is 5.92 Å². The lowest BCUT2D eigenvalue weighted by Gasteiger charge is -2.45. The summed E-state index contributed by atoms with van der Waals surface area (Å²) in [5.41, 5.74) is 1.18. The molecule has 4 heteroatoms. The number of halogens is 1. The van der Waals surface area contributed by atoms with E-state index in [1.54, 1.807) is 12.1 Å². The highest BCUT2D eigenvalue weighted by atomic mass is 35.5. The Kier molecular flexibility index (Phi) is 3.88. The number of piperidine rings is 1. The summed E-state index contributed by atoms with van der Waals surface area (Å²) in [5.74, 6) is -0.146. The Balaban J connectivity index is 1.98. The molecule has 1 saturated heterocycles. The molecular formula is C16H20ClNO2. The predicted octanol–water partition coefficient (Wildman–Crippen LogP) is 4.20. The molecule has 2 atom stereocenters. The van der Waals surface area contributed by atoms with Crippen LogP contribution in [0.4, 0.5) is 5.69 Å². The van der Waals surface area contributed by atoms with Gasteiger partial charge in [0.15, 0.2) is 0 Å². The first kappa shape index (κ1) is 13.7. The second-order valence-corrected chi connectivity index (χ2v) is 6.35. The maximum absolute atomic E-state index is 11.5. The number of hydrogen-bond acceptors (Lipinski definition) is 2.